The van der Waals surface area contributed by atoms with Crippen LogP contribution in [0.15, 0.2) is 119 Å². The fraction of sp³-hybridized carbons (Fsp3) is 0.0556. The number of methoxy groups -OCH3 is 2. The number of fused-ring (bicyclic) bond motifs is 1. The molecule has 0 fully saturated rings. The molecule has 0 aliphatic heterocycles. The van der Waals surface area contributed by atoms with E-state index in [1.807, 2.05) is 0 Å². The molecule has 0 heterocycles. The predicted molar refractivity (Wildman–Crippen MR) is 227 cm³/mol. The van der Waals surface area contributed by atoms with Gasteiger partial charge in [0.25, 0.3) is 36.0 Å². The van der Waals surface area contributed by atoms with Crippen LogP contribution in [0.4, 0.5) is 51.2 Å². The number of azo groups is 2. The summed E-state index contributed by atoms with van der Waals surface area (Å²) in [6, 6.07) is 16.5. The predicted octanol–water partition coefficient (Wildman–Crippen LogP) is 6.24. The standard InChI is InChI=1S/C36H30N10O14S3/c1-59-27-11-17(3-9-24(27)41-43-26-16-29(61(50,51)52)23(38)15-22(26)37)18-4-10-25(28(12-18)60-2)42-45-35-31(63(56,57)58)14-19-13-30(62(53,54)55)34(33(39)32(19)36(35)47)44-40-20-5-7-21(8-6-20)46(48)49/h3-16,42H,37-39H2,1-2H3,(H,50,51,52)(H,53,54,55)(H,56,57,58)/b43-41?,44-40?,45-35-. The lowest BCUT2D eigenvalue weighted by atomic mass is 9.92. The molecule has 0 radical (unpaired) electrons. The molecule has 63 heavy (non-hydrogen) atoms. The fourth-order valence-corrected chi connectivity index (χ4v) is 7.83. The lowest BCUT2D eigenvalue weighted by Crippen LogP contribution is -2.28. The zero-order valence-electron chi connectivity index (χ0n) is 32.1. The van der Waals surface area contributed by atoms with Gasteiger partial charge in [-0.15, -0.1) is 15.3 Å². The summed E-state index contributed by atoms with van der Waals surface area (Å²) in [5, 5.41) is 30.6. The number of nitrogen functional groups attached to an aromatic ring is 3. The highest BCUT2D eigenvalue weighted by molar-refractivity contribution is 7.91. The molecule has 5 aromatic carbocycles. The van der Waals surface area contributed by atoms with Crippen LogP contribution in [0.1, 0.15) is 15.9 Å². The number of allylic oxidation sites excluding steroid dienone is 1. The number of hydrogen-bond donors (Lipinski definition) is 7. The molecule has 10 N–H and O–H groups in total. The molecular formula is C36H30N10O14S3. The number of carbonyl (C=O) groups is 1. The summed E-state index contributed by atoms with van der Waals surface area (Å²) in [7, 11) is -12.5. The van der Waals surface area contributed by atoms with Gasteiger partial charge in [0.15, 0.2) is 5.71 Å². The number of hydrazone groups is 1. The van der Waals surface area contributed by atoms with Gasteiger partial charge in [0.2, 0.25) is 5.78 Å². The average Bonchev–Trinajstić information content (AvgIpc) is 3.21. The summed E-state index contributed by atoms with van der Waals surface area (Å²) in [5.74, 6) is -0.940. The average molecular weight is 923 g/mol. The smallest absolute Gasteiger partial charge is 0.296 e. The van der Waals surface area contributed by atoms with Crippen molar-refractivity contribution in [2.24, 2.45) is 25.6 Å². The third-order valence-electron chi connectivity index (χ3n) is 8.88. The maximum atomic E-state index is 14.0. The molecule has 6 rings (SSSR count). The molecule has 1 aliphatic carbocycles. The second-order valence-corrected chi connectivity index (χ2v) is 17.0. The quantitative estimate of drug-likeness (QED) is 0.0226. The molecule has 326 valence electrons. The van der Waals surface area contributed by atoms with Crippen molar-refractivity contribution in [3.63, 3.8) is 0 Å². The van der Waals surface area contributed by atoms with E-state index in [2.05, 4.69) is 31.0 Å². The second-order valence-electron chi connectivity index (χ2n) is 12.9. The van der Waals surface area contributed by atoms with Gasteiger partial charge in [-0.3, -0.25) is 34.0 Å². The summed E-state index contributed by atoms with van der Waals surface area (Å²) in [4.78, 5) is 21.6. The Morgan fingerprint density at radius 3 is 1.87 bits per heavy atom. The van der Waals surface area contributed by atoms with E-state index in [-0.39, 0.29) is 51.3 Å². The highest BCUT2D eigenvalue weighted by atomic mass is 32.2. The molecule has 0 aromatic heterocycles. The van der Waals surface area contributed by atoms with Crippen molar-refractivity contribution >= 4 is 99.1 Å². The Hall–Kier alpha value is -7.69. The summed E-state index contributed by atoms with van der Waals surface area (Å²) in [6.07, 6.45) is 0.702. The number of nitro groups is 1. The van der Waals surface area contributed by atoms with E-state index in [1.54, 1.807) is 18.2 Å². The van der Waals surface area contributed by atoms with Gasteiger partial charge in [0.1, 0.15) is 43.3 Å². The fourth-order valence-electron chi connectivity index (χ4n) is 5.89. The molecule has 0 saturated heterocycles. The van der Waals surface area contributed by atoms with Crippen molar-refractivity contribution in [2.75, 3.05) is 36.8 Å². The SMILES string of the molecule is COc1cc(-c2ccc(N/N=C3\C(=O)c4c(cc(S(=O)(=O)O)c(N=Nc5ccc([N+](=O)[O-])cc5)c4N)C=C3S(=O)(=O)O)c(OC)c2)ccc1N=Nc1cc(S(=O)(=O)O)c(N)cc1N. The third-order valence-corrected chi connectivity index (χ3v) is 11.5. The molecule has 24 nitrogen and oxygen atoms in total. The maximum absolute atomic E-state index is 14.0. The van der Waals surface area contributed by atoms with Crippen molar-refractivity contribution in [2.45, 2.75) is 9.79 Å². The van der Waals surface area contributed by atoms with Crippen LogP contribution in [0.25, 0.3) is 17.2 Å². The largest absolute Gasteiger partial charge is 0.494 e. The van der Waals surface area contributed by atoms with Crippen LogP contribution in [0.5, 0.6) is 11.5 Å². The minimum Gasteiger partial charge on any atom is -0.494 e. The van der Waals surface area contributed by atoms with Crippen LogP contribution in [-0.2, 0) is 30.4 Å². The summed E-state index contributed by atoms with van der Waals surface area (Å²) in [5.41, 5.74) is 17.5. The number of nitrogens with zero attached hydrogens (tertiary/aromatic N) is 6. The Morgan fingerprint density at radius 1 is 0.683 bits per heavy atom. The molecule has 1 aliphatic rings. The third kappa shape index (κ3) is 9.46. The Balaban J connectivity index is 1.34. The van der Waals surface area contributed by atoms with Gasteiger partial charge in [-0.2, -0.15) is 35.5 Å². The van der Waals surface area contributed by atoms with E-state index in [9.17, 15) is 53.8 Å². The van der Waals surface area contributed by atoms with Crippen LogP contribution in [-0.4, -0.2) is 69.5 Å². The summed E-state index contributed by atoms with van der Waals surface area (Å²) >= 11 is 0. The normalized spacial score (nSPS) is 13.9. The summed E-state index contributed by atoms with van der Waals surface area (Å²) in [6.45, 7) is 0. The van der Waals surface area contributed by atoms with E-state index in [0.29, 0.717) is 23.3 Å². The number of benzene rings is 5. The zero-order valence-corrected chi connectivity index (χ0v) is 34.5. The number of carbonyl (C=O) groups excluding carboxylic acids is 1. The first-order valence-electron chi connectivity index (χ1n) is 17.1. The molecule has 27 heteroatoms. The Morgan fingerprint density at radius 2 is 1.29 bits per heavy atom. The van der Waals surface area contributed by atoms with Crippen molar-refractivity contribution in [1.29, 1.82) is 0 Å². The van der Waals surface area contributed by atoms with Crippen molar-refractivity contribution in [1.82, 2.24) is 0 Å². The van der Waals surface area contributed by atoms with Crippen molar-refractivity contribution < 1.29 is 58.1 Å². The molecule has 0 amide bonds. The first-order valence-corrected chi connectivity index (χ1v) is 21.5. The number of nitrogens with two attached hydrogens (primary N) is 3. The van der Waals surface area contributed by atoms with Gasteiger partial charge in [-0.05, 0) is 77.4 Å². The zero-order chi connectivity index (χ0) is 46.2. The van der Waals surface area contributed by atoms with E-state index in [0.717, 1.165) is 24.3 Å². The molecule has 0 unspecified atom stereocenters. The molecule has 0 spiro atoms. The van der Waals surface area contributed by atoms with Gasteiger partial charge in [-0.25, -0.2) is 0 Å². The van der Waals surface area contributed by atoms with Crippen LogP contribution < -0.4 is 32.1 Å². The second kappa shape index (κ2) is 17.0. The minimum atomic E-state index is -5.26. The topological polar surface area (TPSA) is 394 Å². The van der Waals surface area contributed by atoms with Gasteiger partial charge in [0.05, 0.1) is 53.1 Å². The lowest BCUT2D eigenvalue weighted by Gasteiger charge is -2.20. The first-order chi connectivity index (χ1) is 29.5. The monoisotopic (exact) mass is 922 g/mol. The van der Waals surface area contributed by atoms with Crippen molar-refractivity contribution in [3.05, 3.63) is 105 Å². The van der Waals surface area contributed by atoms with Crippen LogP contribution in [0.2, 0.25) is 0 Å². The highest BCUT2D eigenvalue weighted by Gasteiger charge is 2.37. The molecule has 0 saturated carbocycles. The number of anilines is 4. The molecule has 5 aromatic rings. The number of non-ortho nitro benzene ring substituents is 1. The van der Waals surface area contributed by atoms with E-state index >= 15 is 0 Å². The van der Waals surface area contributed by atoms with E-state index < -0.39 is 84.0 Å². The molecule has 0 bridgehead atoms. The van der Waals surface area contributed by atoms with E-state index in [4.69, 9.17) is 26.7 Å². The van der Waals surface area contributed by atoms with Crippen LogP contribution in [0, 0.1) is 10.1 Å². The number of ketones is 1. The maximum Gasteiger partial charge on any atom is 0.296 e. The van der Waals surface area contributed by atoms with Gasteiger partial charge in [0, 0.05) is 12.1 Å². The number of nitro benzene ring substituents is 1. The van der Waals surface area contributed by atoms with Crippen LogP contribution in [0.3, 0.4) is 0 Å². The first kappa shape index (κ1) is 44.9. The Labute approximate surface area is 355 Å². The Bertz CT molecular complexity index is 3230. The van der Waals surface area contributed by atoms with Gasteiger partial charge >= 0.3 is 0 Å². The van der Waals surface area contributed by atoms with Gasteiger partial charge in [-0.1, -0.05) is 12.1 Å². The Kier molecular flexibility index (Phi) is 12.1. The number of rotatable bonds is 13. The lowest BCUT2D eigenvalue weighted by molar-refractivity contribution is -0.384. The number of nitrogens with one attached hydrogen (secondary N) is 1. The number of Topliss-reactive ketones (excluding diaryl/α,β-unsaturated/α-hetero) is 1. The number of ether oxygens (including phenoxy) is 2. The molecular weight excluding hydrogens is 893 g/mol. The van der Waals surface area contributed by atoms with Gasteiger partial charge < -0.3 is 26.7 Å². The highest BCUT2D eigenvalue weighted by Crippen LogP contribution is 2.42. The minimum absolute atomic E-state index is 0.0227. The number of hydrogen-bond acceptors (Lipinski definition) is 20. The molecule has 0 atom stereocenters. The van der Waals surface area contributed by atoms with E-state index in [1.165, 1.54) is 44.6 Å². The van der Waals surface area contributed by atoms with Crippen LogP contribution >= 0.6 is 0 Å². The summed E-state index contributed by atoms with van der Waals surface area (Å²) < 4.78 is 114. The van der Waals surface area contributed by atoms with Crippen molar-refractivity contribution in [3.8, 4) is 22.6 Å².